The van der Waals surface area contributed by atoms with Gasteiger partial charge in [-0.25, -0.2) is 0 Å². The van der Waals surface area contributed by atoms with Crippen molar-refractivity contribution in [3.63, 3.8) is 0 Å². The van der Waals surface area contributed by atoms with Gasteiger partial charge in [-0.2, -0.15) is 0 Å². The first-order valence-corrected chi connectivity index (χ1v) is 10.2. The molecule has 24 heavy (non-hydrogen) atoms. The molecule has 2 aliphatic carbocycles. The van der Waals surface area contributed by atoms with Crippen LogP contribution in [0.4, 0.5) is 0 Å². The zero-order valence-electron chi connectivity index (χ0n) is 13.7. The third-order valence-electron chi connectivity index (χ3n) is 5.63. The van der Waals surface area contributed by atoms with Gasteiger partial charge in [-0.15, -0.1) is 0 Å². The van der Waals surface area contributed by atoms with E-state index in [0.29, 0.717) is 0 Å². The Morgan fingerprint density at radius 1 is 0.667 bits per heavy atom. The van der Waals surface area contributed by atoms with Crippen LogP contribution >= 0.6 is 8.60 Å². The van der Waals surface area contributed by atoms with Crippen molar-refractivity contribution in [3.05, 3.63) is 46.5 Å². The van der Waals surface area contributed by atoms with Crippen LogP contribution in [0.15, 0.2) is 24.3 Å². The van der Waals surface area contributed by atoms with Gasteiger partial charge in [-0.3, -0.25) is 0 Å². The molecule has 1 aliphatic heterocycles. The summed E-state index contributed by atoms with van der Waals surface area (Å²) < 4.78 is 11.4. The number of fused-ring (bicyclic) bond motifs is 7. The SMILES string of the molecule is [O-][PH+]1Oc2ccc3c(c2-c2c(ccc4c2CCCC4)O1)CCCC3. The lowest BCUT2D eigenvalue weighted by atomic mass is 9.80. The average Bonchev–Trinajstić information content (AvgIpc) is 2.77. The van der Waals surface area contributed by atoms with E-state index in [0.717, 1.165) is 48.3 Å². The first kappa shape index (κ1) is 14.7. The molecule has 0 saturated heterocycles. The zero-order chi connectivity index (χ0) is 16.1. The Morgan fingerprint density at radius 2 is 1.12 bits per heavy atom. The predicted octanol–water partition coefficient (Wildman–Crippen LogP) is 4.20. The Morgan fingerprint density at radius 3 is 1.62 bits per heavy atom. The molecular formula is C20H21O3P. The minimum absolute atomic E-state index is 0.747. The van der Waals surface area contributed by atoms with Crippen LogP contribution in [-0.2, 0) is 25.7 Å². The average molecular weight is 340 g/mol. The van der Waals surface area contributed by atoms with E-state index in [1.54, 1.807) is 0 Å². The highest BCUT2D eigenvalue weighted by Gasteiger charge is 2.31. The van der Waals surface area contributed by atoms with E-state index < -0.39 is 8.60 Å². The summed E-state index contributed by atoms with van der Waals surface area (Å²) in [4.78, 5) is 12.3. The fraction of sp³-hybridized carbons (Fsp3) is 0.400. The lowest BCUT2D eigenvalue weighted by Crippen LogP contribution is -2.09. The van der Waals surface area contributed by atoms with Crippen LogP contribution in [0.2, 0.25) is 0 Å². The van der Waals surface area contributed by atoms with E-state index in [-0.39, 0.29) is 0 Å². The summed E-state index contributed by atoms with van der Waals surface area (Å²) in [5.41, 5.74) is 7.95. The smallest absolute Gasteiger partial charge is 0.319 e. The molecule has 5 rings (SSSR count). The van der Waals surface area contributed by atoms with E-state index in [1.165, 1.54) is 47.9 Å². The number of rotatable bonds is 0. The third kappa shape index (κ3) is 2.26. The third-order valence-corrected chi connectivity index (χ3v) is 6.40. The normalized spacial score (nSPS) is 19.0. The molecule has 0 atom stereocenters. The molecule has 1 heterocycles. The van der Waals surface area contributed by atoms with Crippen molar-refractivity contribution in [2.45, 2.75) is 51.4 Å². The van der Waals surface area contributed by atoms with Gasteiger partial charge in [-0.1, -0.05) is 12.1 Å². The van der Waals surface area contributed by atoms with E-state index in [1.807, 2.05) is 12.1 Å². The Labute approximate surface area is 143 Å². The summed E-state index contributed by atoms with van der Waals surface area (Å²) in [5.74, 6) is 1.49. The Hall–Kier alpha value is -1.57. The van der Waals surface area contributed by atoms with Gasteiger partial charge in [0.05, 0.1) is 0 Å². The van der Waals surface area contributed by atoms with Crippen LogP contribution in [-0.4, -0.2) is 0 Å². The second-order valence-electron chi connectivity index (χ2n) is 7.02. The summed E-state index contributed by atoms with van der Waals surface area (Å²) in [6.07, 6.45) is 9.33. The minimum atomic E-state index is -2.55. The van der Waals surface area contributed by atoms with Gasteiger partial charge in [0.2, 0.25) is 0 Å². The molecule has 0 spiro atoms. The molecule has 3 aliphatic rings. The Bertz CT molecular complexity index is 748. The standard InChI is InChI=1S/C20H21O3P/c21-24-22-17-11-9-13-5-1-3-7-15(13)19(17)20-16-8-4-2-6-14(16)10-12-18(20)23-24/h9-12,24H,1-8H2. The lowest BCUT2D eigenvalue weighted by molar-refractivity contribution is -0.188. The van der Waals surface area contributed by atoms with Gasteiger partial charge in [0.1, 0.15) is 0 Å². The van der Waals surface area contributed by atoms with Crippen molar-refractivity contribution < 1.29 is 13.9 Å². The lowest BCUT2D eigenvalue weighted by Gasteiger charge is -2.24. The van der Waals surface area contributed by atoms with Crippen LogP contribution in [0.5, 0.6) is 11.5 Å². The first-order chi connectivity index (χ1) is 11.8. The van der Waals surface area contributed by atoms with Crippen molar-refractivity contribution in [2.24, 2.45) is 0 Å². The molecule has 2 aromatic carbocycles. The quantitative estimate of drug-likeness (QED) is 0.675. The summed E-state index contributed by atoms with van der Waals surface area (Å²) in [6.45, 7) is 0. The maximum atomic E-state index is 12.3. The predicted molar refractivity (Wildman–Crippen MR) is 94.7 cm³/mol. The topological polar surface area (TPSA) is 41.5 Å². The molecule has 0 unspecified atom stereocenters. The molecule has 0 aromatic heterocycles. The fourth-order valence-electron chi connectivity index (χ4n) is 4.53. The van der Waals surface area contributed by atoms with Gasteiger partial charge < -0.3 is 13.9 Å². The molecule has 4 heteroatoms. The second kappa shape index (κ2) is 5.75. The van der Waals surface area contributed by atoms with Crippen LogP contribution in [0.25, 0.3) is 11.1 Å². The van der Waals surface area contributed by atoms with E-state index in [4.69, 9.17) is 9.05 Å². The highest BCUT2D eigenvalue weighted by molar-refractivity contribution is 7.40. The molecule has 0 amide bonds. The van der Waals surface area contributed by atoms with E-state index >= 15 is 0 Å². The summed E-state index contributed by atoms with van der Waals surface area (Å²) in [6, 6.07) is 8.32. The molecule has 0 saturated carbocycles. The molecular weight excluding hydrogens is 319 g/mol. The molecule has 0 radical (unpaired) electrons. The summed E-state index contributed by atoms with van der Waals surface area (Å²) in [7, 11) is -2.55. The van der Waals surface area contributed by atoms with Gasteiger partial charge in [0.15, 0.2) is 11.5 Å². The summed E-state index contributed by atoms with van der Waals surface area (Å²) in [5, 5.41) is 0. The highest BCUT2D eigenvalue weighted by Crippen LogP contribution is 2.52. The van der Waals surface area contributed by atoms with Crippen molar-refractivity contribution in [1.82, 2.24) is 0 Å². The molecule has 0 fully saturated rings. The number of hydrogen-bond acceptors (Lipinski definition) is 3. The van der Waals surface area contributed by atoms with Gasteiger partial charge in [0.25, 0.3) is 0 Å². The van der Waals surface area contributed by atoms with Crippen LogP contribution in [0.3, 0.4) is 0 Å². The van der Waals surface area contributed by atoms with Gasteiger partial charge in [-0.05, 0) is 85.8 Å². The van der Waals surface area contributed by atoms with Crippen molar-refractivity contribution in [3.8, 4) is 22.6 Å². The molecule has 0 bridgehead atoms. The minimum Gasteiger partial charge on any atom is -0.618 e. The monoisotopic (exact) mass is 340 g/mol. The largest absolute Gasteiger partial charge is 0.618 e. The van der Waals surface area contributed by atoms with Crippen molar-refractivity contribution in [2.75, 3.05) is 0 Å². The second-order valence-corrected chi connectivity index (χ2v) is 7.93. The molecule has 0 N–H and O–H groups in total. The Balaban J connectivity index is 1.83. The molecule has 3 nitrogen and oxygen atoms in total. The molecule has 2 aromatic rings. The zero-order valence-corrected chi connectivity index (χ0v) is 14.7. The maximum absolute atomic E-state index is 12.3. The van der Waals surface area contributed by atoms with E-state index in [9.17, 15) is 4.89 Å². The van der Waals surface area contributed by atoms with Gasteiger partial charge >= 0.3 is 8.60 Å². The number of hydrogen-bond donors (Lipinski definition) is 0. The number of aryl methyl sites for hydroxylation is 2. The maximum Gasteiger partial charge on any atom is 0.319 e. The van der Waals surface area contributed by atoms with Crippen LogP contribution in [0, 0.1) is 0 Å². The van der Waals surface area contributed by atoms with Crippen molar-refractivity contribution in [1.29, 1.82) is 0 Å². The van der Waals surface area contributed by atoms with Crippen LogP contribution in [0.1, 0.15) is 47.9 Å². The van der Waals surface area contributed by atoms with E-state index in [2.05, 4.69) is 12.1 Å². The Kier molecular flexibility index (Phi) is 3.53. The first-order valence-electron chi connectivity index (χ1n) is 9.01. The summed E-state index contributed by atoms with van der Waals surface area (Å²) >= 11 is 0. The number of benzene rings is 2. The fourth-order valence-corrected chi connectivity index (χ4v) is 5.27. The van der Waals surface area contributed by atoms with Crippen molar-refractivity contribution >= 4 is 8.60 Å². The molecule has 124 valence electrons. The van der Waals surface area contributed by atoms with Gasteiger partial charge in [0, 0.05) is 11.1 Å². The highest BCUT2D eigenvalue weighted by atomic mass is 31.2. The van der Waals surface area contributed by atoms with Crippen LogP contribution < -0.4 is 13.9 Å².